The van der Waals surface area contributed by atoms with Gasteiger partial charge in [-0.15, -0.1) is 11.8 Å². The van der Waals surface area contributed by atoms with Crippen LogP contribution in [0.2, 0.25) is 0 Å². The van der Waals surface area contributed by atoms with Crippen molar-refractivity contribution >= 4 is 33.5 Å². The Balaban J connectivity index is 2.05. The maximum Gasteiger partial charge on any atom is 0.160 e. The van der Waals surface area contributed by atoms with Crippen LogP contribution in [0.4, 0.5) is 0 Å². The van der Waals surface area contributed by atoms with Crippen LogP contribution >= 0.6 is 27.7 Å². The lowest BCUT2D eigenvalue weighted by atomic mass is 9.97. The highest BCUT2D eigenvalue weighted by Gasteiger charge is 2.19. The van der Waals surface area contributed by atoms with E-state index in [1.54, 1.807) is 17.8 Å². The number of ketones is 1. The van der Waals surface area contributed by atoms with Gasteiger partial charge in [0, 0.05) is 16.1 Å². The molecular formula is C12H11BrOS. The van der Waals surface area contributed by atoms with Crippen molar-refractivity contribution in [1.29, 1.82) is 0 Å². The zero-order valence-electron chi connectivity index (χ0n) is 8.15. The number of hydrogen-bond acceptors (Lipinski definition) is 2. The van der Waals surface area contributed by atoms with Crippen molar-refractivity contribution in [1.82, 2.24) is 0 Å². The number of rotatable bonds is 2. The highest BCUT2D eigenvalue weighted by molar-refractivity contribution is 9.10. The van der Waals surface area contributed by atoms with E-state index < -0.39 is 0 Å². The molecule has 0 saturated carbocycles. The number of hydrogen-bond donors (Lipinski definition) is 0. The Morgan fingerprint density at radius 2 is 2.07 bits per heavy atom. The molecule has 0 aromatic heterocycles. The quantitative estimate of drug-likeness (QED) is 0.827. The summed E-state index contributed by atoms with van der Waals surface area (Å²) in [5, 5.41) is 1.89. The lowest BCUT2D eigenvalue weighted by molar-refractivity contribution is -0.117. The number of benzene rings is 1. The fourth-order valence-electron chi connectivity index (χ4n) is 1.57. The van der Waals surface area contributed by atoms with E-state index >= 15 is 0 Å². The van der Waals surface area contributed by atoms with Crippen LogP contribution < -0.4 is 0 Å². The number of carbonyl (C=O) groups excluding carboxylic acids is 1. The van der Waals surface area contributed by atoms with Gasteiger partial charge in [-0.2, -0.15) is 0 Å². The minimum absolute atomic E-state index is 0.154. The Morgan fingerprint density at radius 1 is 1.33 bits per heavy atom. The molecule has 0 bridgehead atoms. The first kappa shape index (κ1) is 11.0. The zero-order valence-corrected chi connectivity index (χ0v) is 10.6. The fraction of sp³-hybridized carbons (Fsp3) is 0.250. The maximum atomic E-state index is 11.6. The predicted molar refractivity (Wildman–Crippen MR) is 67.9 cm³/mol. The third kappa shape index (κ3) is 2.95. The summed E-state index contributed by atoms with van der Waals surface area (Å²) in [6.45, 7) is 0. The molecule has 0 aliphatic carbocycles. The molecule has 1 aromatic carbocycles. The molecule has 3 heteroatoms. The molecule has 0 N–H and O–H groups in total. The number of halogens is 1. The normalized spacial score (nSPS) is 20.6. The SMILES string of the molecule is O=C1C=CSCC1Cc1ccc(Br)cc1. The van der Waals surface area contributed by atoms with E-state index in [9.17, 15) is 4.79 Å². The summed E-state index contributed by atoms with van der Waals surface area (Å²) < 4.78 is 1.08. The zero-order chi connectivity index (χ0) is 10.7. The molecule has 0 fully saturated rings. The van der Waals surface area contributed by atoms with E-state index in [1.165, 1.54) is 5.56 Å². The first-order chi connectivity index (χ1) is 7.25. The molecule has 0 amide bonds. The molecule has 2 rings (SSSR count). The second-order valence-electron chi connectivity index (χ2n) is 3.57. The van der Waals surface area contributed by atoms with E-state index in [0.717, 1.165) is 16.6 Å². The molecule has 1 unspecified atom stereocenters. The van der Waals surface area contributed by atoms with Gasteiger partial charge in [0.2, 0.25) is 0 Å². The molecular weight excluding hydrogens is 272 g/mol. The van der Waals surface area contributed by atoms with E-state index in [0.29, 0.717) is 0 Å². The molecule has 1 atom stereocenters. The van der Waals surface area contributed by atoms with Crippen molar-refractivity contribution in [2.75, 3.05) is 5.75 Å². The lowest BCUT2D eigenvalue weighted by Crippen LogP contribution is -2.19. The summed E-state index contributed by atoms with van der Waals surface area (Å²) in [4.78, 5) is 11.6. The molecule has 15 heavy (non-hydrogen) atoms. The molecule has 0 spiro atoms. The predicted octanol–water partition coefficient (Wildman–Crippen LogP) is 3.44. The summed E-state index contributed by atoms with van der Waals surface area (Å²) >= 11 is 5.12. The Morgan fingerprint density at radius 3 is 2.73 bits per heavy atom. The number of thioether (sulfide) groups is 1. The molecule has 0 saturated heterocycles. The Bertz CT molecular complexity index is 383. The largest absolute Gasteiger partial charge is 0.294 e. The second-order valence-corrected chi connectivity index (χ2v) is 5.42. The summed E-state index contributed by atoms with van der Waals surface area (Å²) in [6.07, 6.45) is 2.54. The Labute approximate surface area is 102 Å². The van der Waals surface area contributed by atoms with Crippen LogP contribution in [0.25, 0.3) is 0 Å². The molecule has 1 aliphatic heterocycles. The maximum absolute atomic E-state index is 11.6. The first-order valence-electron chi connectivity index (χ1n) is 4.82. The van der Waals surface area contributed by atoms with E-state index in [1.807, 2.05) is 17.5 Å². The molecule has 1 nitrogen and oxygen atoms in total. The molecule has 1 aliphatic rings. The van der Waals surface area contributed by atoms with Crippen LogP contribution in [-0.2, 0) is 11.2 Å². The van der Waals surface area contributed by atoms with Gasteiger partial charge in [0.25, 0.3) is 0 Å². The Kier molecular flexibility index (Phi) is 3.65. The van der Waals surface area contributed by atoms with Gasteiger partial charge < -0.3 is 0 Å². The smallest absolute Gasteiger partial charge is 0.160 e. The highest BCUT2D eigenvalue weighted by Crippen LogP contribution is 2.22. The van der Waals surface area contributed by atoms with Crippen molar-refractivity contribution in [3.05, 3.63) is 45.8 Å². The number of allylic oxidation sites excluding steroid dienone is 1. The van der Waals surface area contributed by atoms with Crippen molar-refractivity contribution in [2.45, 2.75) is 6.42 Å². The van der Waals surface area contributed by atoms with Crippen molar-refractivity contribution in [3.63, 3.8) is 0 Å². The summed E-state index contributed by atoms with van der Waals surface area (Å²) in [7, 11) is 0. The van der Waals surface area contributed by atoms with Crippen LogP contribution in [0.3, 0.4) is 0 Å². The van der Waals surface area contributed by atoms with Gasteiger partial charge in [0.1, 0.15) is 0 Å². The third-order valence-electron chi connectivity index (χ3n) is 2.42. The lowest BCUT2D eigenvalue weighted by Gasteiger charge is -2.15. The van der Waals surface area contributed by atoms with Gasteiger partial charge >= 0.3 is 0 Å². The van der Waals surface area contributed by atoms with Crippen molar-refractivity contribution in [3.8, 4) is 0 Å². The van der Waals surface area contributed by atoms with E-state index in [-0.39, 0.29) is 11.7 Å². The monoisotopic (exact) mass is 282 g/mol. The van der Waals surface area contributed by atoms with Gasteiger partial charge in [-0.1, -0.05) is 28.1 Å². The van der Waals surface area contributed by atoms with Gasteiger partial charge in [-0.05, 0) is 35.6 Å². The third-order valence-corrected chi connectivity index (χ3v) is 3.88. The van der Waals surface area contributed by atoms with Crippen LogP contribution in [0.5, 0.6) is 0 Å². The highest BCUT2D eigenvalue weighted by atomic mass is 79.9. The van der Waals surface area contributed by atoms with E-state index in [2.05, 4.69) is 28.1 Å². The average Bonchev–Trinajstić information content (AvgIpc) is 2.25. The fourth-order valence-corrected chi connectivity index (χ4v) is 2.69. The van der Waals surface area contributed by atoms with Crippen LogP contribution in [0, 0.1) is 5.92 Å². The van der Waals surface area contributed by atoms with E-state index in [4.69, 9.17) is 0 Å². The van der Waals surface area contributed by atoms with Crippen molar-refractivity contribution < 1.29 is 4.79 Å². The van der Waals surface area contributed by atoms with Gasteiger partial charge in [-0.25, -0.2) is 0 Å². The van der Waals surface area contributed by atoms with Crippen LogP contribution in [-0.4, -0.2) is 11.5 Å². The second kappa shape index (κ2) is 4.99. The molecule has 0 radical (unpaired) electrons. The molecule has 78 valence electrons. The minimum Gasteiger partial charge on any atom is -0.294 e. The summed E-state index contributed by atoms with van der Waals surface area (Å²) in [5.41, 5.74) is 1.23. The van der Waals surface area contributed by atoms with Crippen LogP contribution in [0.1, 0.15) is 5.56 Å². The summed E-state index contributed by atoms with van der Waals surface area (Å²) in [5.74, 6) is 1.32. The minimum atomic E-state index is 0.154. The standard InChI is InChI=1S/C12H11BrOS/c13-11-3-1-9(2-4-11)7-10-8-15-6-5-12(10)14/h1-6,10H,7-8H2. The average molecular weight is 283 g/mol. The molecule has 1 aromatic rings. The molecule has 1 heterocycles. The number of carbonyl (C=O) groups is 1. The summed E-state index contributed by atoms with van der Waals surface area (Å²) in [6, 6.07) is 8.18. The van der Waals surface area contributed by atoms with Gasteiger partial charge in [0.05, 0.1) is 0 Å². The Hall–Kier alpha value is -0.540. The first-order valence-corrected chi connectivity index (χ1v) is 6.66. The van der Waals surface area contributed by atoms with Gasteiger partial charge in [-0.3, -0.25) is 4.79 Å². The van der Waals surface area contributed by atoms with Crippen LogP contribution in [0.15, 0.2) is 40.2 Å². The van der Waals surface area contributed by atoms with Gasteiger partial charge in [0.15, 0.2) is 5.78 Å². The van der Waals surface area contributed by atoms with Crippen molar-refractivity contribution in [2.24, 2.45) is 5.92 Å². The topological polar surface area (TPSA) is 17.1 Å².